The molecule has 1 atom stereocenters. The van der Waals surface area contributed by atoms with E-state index in [1.54, 1.807) is 6.92 Å². The summed E-state index contributed by atoms with van der Waals surface area (Å²) in [6.07, 6.45) is -0.0258. The topological polar surface area (TPSA) is 121 Å². The van der Waals surface area contributed by atoms with E-state index in [-0.39, 0.29) is 24.4 Å². The van der Waals surface area contributed by atoms with Crippen molar-refractivity contribution in [3.63, 3.8) is 0 Å². The van der Waals surface area contributed by atoms with Crippen LogP contribution in [-0.2, 0) is 14.3 Å². The number of carbonyl (C=O) groups is 2. The van der Waals surface area contributed by atoms with Gasteiger partial charge in [-0.3, -0.25) is 9.59 Å². The Balaban J connectivity index is 4.22. The van der Waals surface area contributed by atoms with E-state index in [1.807, 2.05) is 0 Å². The molecule has 0 aromatic rings. The monoisotopic (exact) mass is 245 g/mol. The van der Waals surface area contributed by atoms with E-state index in [0.29, 0.717) is 25.9 Å². The maximum absolute atomic E-state index is 11.4. The molecular weight excluding hydrogens is 222 g/mol. The largest absolute Gasteiger partial charge is 0.360 e. The molecule has 100 valence electrons. The highest BCUT2D eigenvalue weighted by molar-refractivity contribution is 5.82. The Morgan fingerprint density at radius 1 is 1.06 bits per heavy atom. The lowest BCUT2D eigenvalue weighted by Gasteiger charge is -2.19. The normalized spacial score (nSPS) is 12.8. The maximum Gasteiger partial charge on any atom is 0.136 e. The van der Waals surface area contributed by atoms with Gasteiger partial charge in [0.1, 0.15) is 17.8 Å². The number of Topliss-reactive ketones (excluding diaryl/α,β-unsaturated/α-hetero) is 2. The van der Waals surface area contributed by atoms with Gasteiger partial charge in [0.15, 0.2) is 0 Å². The van der Waals surface area contributed by atoms with Crippen LogP contribution in [0.4, 0.5) is 0 Å². The number of hydrogen-bond acceptors (Lipinski definition) is 6. The number of ketones is 2. The number of nitrogens with two attached hydrogens (primary N) is 3. The van der Waals surface area contributed by atoms with Gasteiger partial charge >= 0.3 is 0 Å². The molecule has 6 heteroatoms. The summed E-state index contributed by atoms with van der Waals surface area (Å²) < 4.78 is 5.34. The first kappa shape index (κ1) is 16.2. The van der Waals surface area contributed by atoms with E-state index < -0.39 is 12.3 Å². The van der Waals surface area contributed by atoms with Crippen LogP contribution in [0.5, 0.6) is 0 Å². The number of carbonyl (C=O) groups excluding carboxylic acids is 2. The molecule has 17 heavy (non-hydrogen) atoms. The van der Waals surface area contributed by atoms with E-state index in [4.69, 9.17) is 21.9 Å². The molecular formula is C11H23N3O3. The third-order valence-electron chi connectivity index (χ3n) is 2.16. The van der Waals surface area contributed by atoms with E-state index >= 15 is 0 Å². The highest BCUT2D eigenvalue weighted by Crippen LogP contribution is 2.09. The van der Waals surface area contributed by atoms with Crippen LogP contribution in [0.2, 0.25) is 0 Å². The minimum absolute atomic E-state index is 0.0151. The standard InChI is InChI=1S/C11H23N3O3/c1-8(14)17-11(6-9(15)2-4-12)7-10(16)3-5-13/h8,11H,2-7,12-14H2,1H3. The quantitative estimate of drug-likeness (QED) is 0.437. The molecule has 0 aliphatic rings. The third-order valence-corrected chi connectivity index (χ3v) is 2.16. The van der Waals surface area contributed by atoms with Crippen molar-refractivity contribution in [3.05, 3.63) is 0 Å². The highest BCUT2D eigenvalue weighted by Gasteiger charge is 2.18. The van der Waals surface area contributed by atoms with Crippen LogP contribution in [-0.4, -0.2) is 37.0 Å². The Labute approximate surface area is 102 Å². The van der Waals surface area contributed by atoms with E-state index in [9.17, 15) is 9.59 Å². The Morgan fingerprint density at radius 2 is 1.47 bits per heavy atom. The van der Waals surface area contributed by atoms with Gasteiger partial charge in [-0.05, 0) is 20.0 Å². The summed E-state index contributed by atoms with van der Waals surface area (Å²) in [7, 11) is 0. The van der Waals surface area contributed by atoms with Crippen molar-refractivity contribution in [1.29, 1.82) is 0 Å². The van der Waals surface area contributed by atoms with Crippen molar-refractivity contribution in [2.45, 2.75) is 44.9 Å². The minimum Gasteiger partial charge on any atom is -0.360 e. The van der Waals surface area contributed by atoms with Gasteiger partial charge in [-0.2, -0.15) is 0 Å². The first-order chi connectivity index (χ1) is 7.99. The number of rotatable bonds is 10. The van der Waals surface area contributed by atoms with Gasteiger partial charge in [-0.25, -0.2) is 0 Å². The van der Waals surface area contributed by atoms with Crippen LogP contribution in [0.3, 0.4) is 0 Å². The minimum atomic E-state index is -0.503. The number of hydrogen-bond donors (Lipinski definition) is 3. The van der Waals surface area contributed by atoms with Crippen molar-refractivity contribution < 1.29 is 14.3 Å². The molecule has 1 unspecified atom stereocenters. The molecule has 0 saturated heterocycles. The fourth-order valence-electron chi connectivity index (χ4n) is 1.51. The summed E-state index contributed by atoms with van der Waals surface area (Å²) in [5.74, 6) is -0.0302. The van der Waals surface area contributed by atoms with E-state index in [1.165, 1.54) is 0 Å². The second kappa shape index (κ2) is 9.23. The zero-order valence-corrected chi connectivity index (χ0v) is 10.4. The summed E-state index contributed by atoms with van der Waals surface area (Å²) in [5, 5.41) is 0. The smallest absolute Gasteiger partial charge is 0.136 e. The Bertz CT molecular complexity index is 224. The molecule has 0 saturated carbocycles. The summed E-state index contributed by atoms with van der Waals surface area (Å²) in [6, 6.07) is 0. The average Bonchev–Trinajstić information content (AvgIpc) is 2.16. The first-order valence-corrected chi connectivity index (χ1v) is 5.84. The molecule has 6 N–H and O–H groups in total. The van der Waals surface area contributed by atoms with Crippen molar-refractivity contribution in [1.82, 2.24) is 0 Å². The third kappa shape index (κ3) is 8.93. The van der Waals surface area contributed by atoms with Crippen molar-refractivity contribution in [3.8, 4) is 0 Å². The Kier molecular flexibility index (Phi) is 8.79. The van der Waals surface area contributed by atoms with Crippen LogP contribution >= 0.6 is 0 Å². The lowest BCUT2D eigenvalue weighted by molar-refractivity contribution is -0.127. The van der Waals surface area contributed by atoms with Gasteiger partial charge in [-0.1, -0.05) is 0 Å². The van der Waals surface area contributed by atoms with Gasteiger partial charge in [0.2, 0.25) is 0 Å². The van der Waals surface area contributed by atoms with Crippen molar-refractivity contribution in [2.24, 2.45) is 17.2 Å². The zero-order valence-electron chi connectivity index (χ0n) is 10.4. The van der Waals surface area contributed by atoms with Gasteiger partial charge in [0, 0.05) is 25.7 Å². The fourth-order valence-corrected chi connectivity index (χ4v) is 1.51. The van der Waals surface area contributed by atoms with Crippen LogP contribution < -0.4 is 17.2 Å². The molecule has 0 rings (SSSR count). The number of ether oxygens (including phenoxy) is 1. The average molecular weight is 245 g/mol. The van der Waals surface area contributed by atoms with Crippen LogP contribution in [0.15, 0.2) is 0 Å². The molecule has 0 bridgehead atoms. The summed E-state index contributed by atoms with van der Waals surface area (Å²) in [4.78, 5) is 22.9. The Morgan fingerprint density at radius 3 is 1.76 bits per heavy atom. The first-order valence-electron chi connectivity index (χ1n) is 5.84. The van der Waals surface area contributed by atoms with Crippen LogP contribution in [0.25, 0.3) is 0 Å². The SMILES string of the molecule is CC(N)OC(CC(=O)CCN)CC(=O)CCN. The Hall–Kier alpha value is -0.820. The van der Waals surface area contributed by atoms with E-state index in [0.717, 1.165) is 0 Å². The molecule has 0 aromatic carbocycles. The van der Waals surface area contributed by atoms with E-state index in [2.05, 4.69) is 0 Å². The molecule has 0 heterocycles. The summed E-state index contributed by atoms with van der Waals surface area (Å²) >= 11 is 0. The van der Waals surface area contributed by atoms with Crippen molar-refractivity contribution in [2.75, 3.05) is 13.1 Å². The zero-order chi connectivity index (χ0) is 13.3. The highest BCUT2D eigenvalue weighted by atomic mass is 16.5. The van der Waals surface area contributed by atoms with Gasteiger partial charge in [0.05, 0.1) is 6.10 Å². The predicted molar refractivity (Wildman–Crippen MR) is 65.1 cm³/mol. The van der Waals surface area contributed by atoms with Gasteiger partial charge in [-0.15, -0.1) is 0 Å². The fraction of sp³-hybridized carbons (Fsp3) is 0.818. The second-order valence-electron chi connectivity index (χ2n) is 4.03. The van der Waals surface area contributed by atoms with Gasteiger partial charge in [0.25, 0.3) is 0 Å². The summed E-state index contributed by atoms with van der Waals surface area (Å²) in [5.41, 5.74) is 16.1. The maximum atomic E-state index is 11.4. The molecule has 0 amide bonds. The molecule has 6 nitrogen and oxygen atoms in total. The van der Waals surface area contributed by atoms with Gasteiger partial charge < -0.3 is 21.9 Å². The predicted octanol–water partition coefficient (Wildman–Crippen LogP) is -0.708. The molecule has 0 aliphatic carbocycles. The molecule has 0 aromatic heterocycles. The second-order valence-corrected chi connectivity index (χ2v) is 4.03. The molecule has 0 fully saturated rings. The van der Waals surface area contributed by atoms with Crippen LogP contribution in [0, 0.1) is 0 Å². The summed E-state index contributed by atoms with van der Waals surface area (Å²) in [6.45, 7) is 2.27. The lowest BCUT2D eigenvalue weighted by atomic mass is 10.0. The lowest BCUT2D eigenvalue weighted by Crippen LogP contribution is -2.31. The molecule has 0 radical (unpaired) electrons. The van der Waals surface area contributed by atoms with Crippen molar-refractivity contribution >= 4 is 11.6 Å². The molecule has 0 spiro atoms. The van der Waals surface area contributed by atoms with Crippen LogP contribution in [0.1, 0.15) is 32.6 Å². The molecule has 0 aliphatic heterocycles.